The van der Waals surface area contributed by atoms with Gasteiger partial charge in [-0.3, -0.25) is 0 Å². The van der Waals surface area contributed by atoms with Gasteiger partial charge in [0.05, 0.1) is 0 Å². The predicted octanol–water partition coefficient (Wildman–Crippen LogP) is 12.9. The maximum absolute atomic E-state index is 2.72. The zero-order valence-corrected chi connectivity index (χ0v) is 31.4. The van der Waals surface area contributed by atoms with Crippen LogP contribution in [0.5, 0.6) is 0 Å². The topological polar surface area (TPSA) is 0 Å². The Morgan fingerprint density at radius 1 is 0.511 bits per heavy atom. The van der Waals surface area contributed by atoms with E-state index in [9.17, 15) is 0 Å². The van der Waals surface area contributed by atoms with Gasteiger partial charge in [0, 0.05) is 0 Å². The molecule has 2 aliphatic carbocycles. The molecule has 2 unspecified atom stereocenters. The van der Waals surface area contributed by atoms with Crippen LogP contribution >= 0.6 is 0 Å². The predicted molar refractivity (Wildman–Crippen MR) is 201 cm³/mol. The van der Waals surface area contributed by atoms with Crippen molar-refractivity contribution >= 4 is 25.4 Å². The van der Waals surface area contributed by atoms with Crippen molar-refractivity contribution in [1.29, 1.82) is 0 Å². The van der Waals surface area contributed by atoms with Gasteiger partial charge in [-0.15, -0.1) is 0 Å². The van der Waals surface area contributed by atoms with Gasteiger partial charge in [-0.2, -0.15) is 0 Å². The number of rotatable bonds is 6. The molecule has 4 aromatic carbocycles. The molecule has 6 rings (SSSR count). The molecule has 0 saturated heterocycles. The Bertz CT molecular complexity index is 1650. The molecular weight excluding hydrogens is 601 g/mol. The first-order chi connectivity index (χ1) is 21.3. The number of benzene rings is 4. The number of hydrogen-bond donors (Lipinski definition) is 0. The van der Waals surface area contributed by atoms with Crippen LogP contribution in [0.4, 0.5) is 0 Å². The van der Waals surface area contributed by atoms with Crippen LogP contribution in [-0.2, 0) is 10.8 Å². The number of hydrogen-bond acceptors (Lipinski definition) is 0. The molecule has 0 amide bonds. The molecule has 0 aliphatic heterocycles. The summed E-state index contributed by atoms with van der Waals surface area (Å²) in [4.78, 5) is 0. The molecule has 0 nitrogen and oxygen atoms in total. The van der Waals surface area contributed by atoms with E-state index < -0.39 is 13.3 Å². The van der Waals surface area contributed by atoms with Crippen molar-refractivity contribution in [2.24, 2.45) is 0 Å². The van der Waals surface area contributed by atoms with Crippen LogP contribution < -0.4 is 0 Å². The summed E-state index contributed by atoms with van der Waals surface area (Å²) in [5.41, 5.74) is 17.9. The average molecular weight is 654 g/mol. The van der Waals surface area contributed by atoms with Crippen molar-refractivity contribution < 1.29 is 0 Å². The standard InChI is InChI=1S/C44H52Ge/c1-11-29-27-39-35(31-19-23-33(24-20-31)43(3,4)5)15-13-17-37(39)41(29)45(9,10)42-30(12-2)28-40-36(16-14-18-38(40)42)32-21-25-34(26-22-32)44(6,7)8/h13-28,41-42H,11-12H2,1-10H3. The first-order valence-electron chi connectivity index (χ1n) is 17.1. The van der Waals surface area contributed by atoms with E-state index in [0.717, 1.165) is 12.8 Å². The summed E-state index contributed by atoms with van der Waals surface area (Å²) in [7, 11) is 0. The minimum absolute atomic E-state index is 0.160. The van der Waals surface area contributed by atoms with Crippen LogP contribution in [0, 0.1) is 0 Å². The molecule has 0 N–H and O–H groups in total. The third-order valence-electron chi connectivity index (χ3n) is 10.7. The van der Waals surface area contributed by atoms with Crippen molar-refractivity contribution in [1.82, 2.24) is 0 Å². The molecule has 45 heavy (non-hydrogen) atoms. The van der Waals surface area contributed by atoms with Gasteiger partial charge < -0.3 is 0 Å². The van der Waals surface area contributed by atoms with Crippen molar-refractivity contribution in [2.75, 3.05) is 0 Å². The van der Waals surface area contributed by atoms with Crippen LogP contribution in [0.1, 0.15) is 111 Å². The monoisotopic (exact) mass is 654 g/mol. The van der Waals surface area contributed by atoms with Crippen LogP contribution in [-0.4, -0.2) is 13.3 Å². The minimum atomic E-state index is -2.65. The fourth-order valence-corrected chi connectivity index (χ4v) is 18.6. The molecule has 1 heteroatoms. The van der Waals surface area contributed by atoms with E-state index in [1.165, 1.54) is 44.5 Å². The quantitative estimate of drug-likeness (QED) is 0.182. The molecule has 232 valence electrons. The zero-order chi connectivity index (χ0) is 32.3. The molecule has 2 atom stereocenters. The Balaban J connectivity index is 1.42. The Morgan fingerprint density at radius 2 is 0.867 bits per heavy atom. The Labute approximate surface area is 276 Å². The SMILES string of the molecule is CCC1=Cc2c(-c3ccc(C(C)(C)C)cc3)cccc2[CH]1[Ge]([CH3])([CH3])[CH]1C(CC)=Cc2c(-c3ccc(C(C)(C)C)cc3)cccc21. The summed E-state index contributed by atoms with van der Waals surface area (Å²) >= 11 is -2.65. The van der Waals surface area contributed by atoms with Crippen LogP contribution in [0.2, 0.25) is 11.5 Å². The van der Waals surface area contributed by atoms with Gasteiger partial charge in [0.15, 0.2) is 0 Å². The van der Waals surface area contributed by atoms with Gasteiger partial charge in [0.1, 0.15) is 0 Å². The summed E-state index contributed by atoms with van der Waals surface area (Å²) < 4.78 is 1.11. The van der Waals surface area contributed by atoms with Crippen LogP contribution in [0.15, 0.2) is 96.1 Å². The maximum atomic E-state index is 2.72. The zero-order valence-electron chi connectivity index (χ0n) is 29.3. The third kappa shape index (κ3) is 5.63. The molecule has 2 aliphatic rings. The summed E-state index contributed by atoms with van der Waals surface area (Å²) in [6.07, 6.45) is 7.39. The third-order valence-corrected chi connectivity index (χ3v) is 19.8. The molecule has 0 spiro atoms. The summed E-state index contributed by atoms with van der Waals surface area (Å²) in [6, 6.07) is 32.9. The molecule has 0 radical (unpaired) electrons. The van der Waals surface area contributed by atoms with Gasteiger partial charge >= 0.3 is 277 Å². The van der Waals surface area contributed by atoms with Crippen molar-refractivity contribution in [3.05, 3.63) is 129 Å². The van der Waals surface area contributed by atoms with Gasteiger partial charge in [0.25, 0.3) is 0 Å². The van der Waals surface area contributed by atoms with Crippen LogP contribution in [0.25, 0.3) is 34.4 Å². The van der Waals surface area contributed by atoms with Gasteiger partial charge in [-0.25, -0.2) is 0 Å². The first kappa shape index (κ1) is 31.9. The first-order valence-corrected chi connectivity index (χ1v) is 23.8. The fourth-order valence-electron chi connectivity index (χ4n) is 8.27. The number of fused-ring (bicyclic) bond motifs is 2. The molecule has 0 bridgehead atoms. The molecular formula is C44H52Ge. The van der Waals surface area contributed by atoms with E-state index in [2.05, 4.69) is 164 Å². The average Bonchev–Trinajstić information content (AvgIpc) is 3.60. The summed E-state index contributed by atoms with van der Waals surface area (Å²) in [5, 5.41) is 0. The Hall–Kier alpha value is -3.10. The van der Waals surface area contributed by atoms with Gasteiger partial charge in [-0.1, -0.05) is 0 Å². The van der Waals surface area contributed by atoms with Gasteiger partial charge in [0.2, 0.25) is 0 Å². The molecule has 4 aromatic rings. The van der Waals surface area contributed by atoms with E-state index in [0.29, 0.717) is 9.50 Å². The van der Waals surface area contributed by atoms with Crippen molar-refractivity contribution in [3.8, 4) is 22.3 Å². The molecule has 0 heterocycles. The second-order valence-corrected chi connectivity index (χ2v) is 26.2. The summed E-state index contributed by atoms with van der Waals surface area (Å²) in [5.74, 6) is 5.45. The van der Waals surface area contributed by atoms with Crippen molar-refractivity contribution in [2.45, 2.75) is 100 Å². The molecule has 0 saturated carbocycles. The summed E-state index contributed by atoms with van der Waals surface area (Å²) in [6.45, 7) is 18.5. The second kappa shape index (κ2) is 11.6. The van der Waals surface area contributed by atoms with E-state index in [1.807, 2.05) is 0 Å². The molecule has 0 aromatic heterocycles. The van der Waals surface area contributed by atoms with Crippen molar-refractivity contribution in [3.63, 3.8) is 0 Å². The van der Waals surface area contributed by atoms with Crippen LogP contribution in [0.3, 0.4) is 0 Å². The normalized spacial score (nSPS) is 18.0. The van der Waals surface area contributed by atoms with Gasteiger partial charge in [-0.05, 0) is 0 Å². The van der Waals surface area contributed by atoms with E-state index in [1.54, 1.807) is 22.3 Å². The van der Waals surface area contributed by atoms with E-state index >= 15 is 0 Å². The van der Waals surface area contributed by atoms with E-state index in [-0.39, 0.29) is 10.8 Å². The Morgan fingerprint density at radius 3 is 1.18 bits per heavy atom. The number of allylic oxidation sites excluding steroid dienone is 2. The van der Waals surface area contributed by atoms with E-state index in [4.69, 9.17) is 0 Å². The molecule has 0 fully saturated rings. The fraction of sp³-hybridized carbons (Fsp3) is 0.364. The Kier molecular flexibility index (Phi) is 8.22. The second-order valence-electron chi connectivity index (χ2n) is 16.1.